The Bertz CT molecular complexity index is 525. The van der Waals surface area contributed by atoms with Crippen molar-refractivity contribution in [2.45, 2.75) is 23.7 Å². The Morgan fingerprint density at radius 1 is 1.24 bits per heavy atom. The second-order valence-electron chi connectivity index (χ2n) is 2.80. The molecule has 2 N–H and O–H groups in total. The summed E-state index contributed by atoms with van der Waals surface area (Å²) in [7, 11) is -3.59. The molecule has 0 bridgehead atoms. The van der Waals surface area contributed by atoms with E-state index in [0.717, 1.165) is 0 Å². The molecular formula is C9H11N5O2S. The number of rotatable bonds is 2. The second kappa shape index (κ2) is 5.81. The number of nitrogens with zero attached hydrogens (tertiary/aromatic N) is 3. The number of aromatic nitrogens is 4. The van der Waals surface area contributed by atoms with Gasteiger partial charge in [-0.3, -0.25) is 0 Å². The number of hydrogen-bond acceptors (Lipinski definition) is 5. The molecule has 0 radical (unpaired) electrons. The molecule has 0 aliphatic heterocycles. The maximum atomic E-state index is 11.6. The Hall–Kier alpha value is -2.14. The molecule has 2 rings (SSSR count). The fraction of sp³-hybridized carbons (Fsp3) is 0.222. The first-order valence-electron chi connectivity index (χ1n) is 4.73. The normalized spacial score (nSPS) is 10.1. The number of nitrogens with one attached hydrogen (secondary N) is 2. The summed E-state index contributed by atoms with van der Waals surface area (Å²) in [6.07, 6.45) is 6.25. The van der Waals surface area contributed by atoms with Crippen LogP contribution in [-0.4, -0.2) is 28.4 Å². The topological polar surface area (TPSA) is 115 Å². The van der Waals surface area contributed by atoms with Crippen molar-refractivity contribution in [2.75, 3.05) is 0 Å². The number of hydrogen-bond donors (Lipinski definition) is 2. The predicted molar refractivity (Wildman–Crippen MR) is 58.5 cm³/mol. The van der Waals surface area contributed by atoms with Gasteiger partial charge in [0.05, 0.1) is 6.07 Å². The Kier molecular flexibility index (Phi) is 4.42. The first kappa shape index (κ1) is 12.9. The van der Waals surface area contributed by atoms with Crippen LogP contribution >= 0.6 is 0 Å². The molecule has 17 heavy (non-hydrogen) atoms. The van der Waals surface area contributed by atoms with E-state index in [4.69, 9.17) is 5.26 Å². The number of imidazole rings is 2. The number of sulfone groups is 1. The van der Waals surface area contributed by atoms with Crippen molar-refractivity contribution in [3.63, 3.8) is 0 Å². The van der Waals surface area contributed by atoms with Crippen LogP contribution in [0.15, 0.2) is 35.1 Å². The van der Waals surface area contributed by atoms with E-state index < -0.39 is 9.84 Å². The standard InChI is InChI=1S/C6H6N4O2S.C3H5N/c11-13(12,5-7-1-2-8-5)6-9-3-4-10-6;1-2-3-4/h1-4H,(H,7,8)(H,9,10);2H2,1H3. The molecule has 2 heterocycles. The van der Waals surface area contributed by atoms with Gasteiger partial charge in [-0.1, -0.05) is 6.92 Å². The van der Waals surface area contributed by atoms with Crippen molar-refractivity contribution >= 4 is 9.84 Å². The minimum Gasteiger partial charge on any atom is -0.335 e. The highest BCUT2D eigenvalue weighted by molar-refractivity contribution is 7.91. The molecule has 0 aromatic carbocycles. The molecule has 0 saturated carbocycles. The molecule has 7 nitrogen and oxygen atoms in total. The van der Waals surface area contributed by atoms with Crippen LogP contribution in [0.2, 0.25) is 0 Å². The van der Waals surface area contributed by atoms with E-state index in [0.29, 0.717) is 6.42 Å². The zero-order valence-corrected chi connectivity index (χ0v) is 9.90. The molecule has 0 aliphatic carbocycles. The molecule has 0 aliphatic rings. The first-order valence-corrected chi connectivity index (χ1v) is 6.22. The summed E-state index contributed by atoms with van der Waals surface area (Å²) in [6, 6.07) is 1.93. The zero-order chi connectivity index (χ0) is 12.7. The van der Waals surface area contributed by atoms with E-state index in [1.807, 2.05) is 13.0 Å². The van der Waals surface area contributed by atoms with E-state index >= 15 is 0 Å². The Balaban J connectivity index is 0.000000317. The highest BCUT2D eigenvalue weighted by atomic mass is 32.2. The maximum Gasteiger partial charge on any atom is 0.273 e. The van der Waals surface area contributed by atoms with Gasteiger partial charge in [-0.2, -0.15) is 5.26 Å². The third-order valence-corrected chi connectivity index (χ3v) is 3.08. The lowest BCUT2D eigenvalue weighted by Gasteiger charge is -1.94. The van der Waals surface area contributed by atoms with Crippen LogP contribution in [-0.2, 0) is 9.84 Å². The molecule has 2 aromatic rings. The van der Waals surface area contributed by atoms with E-state index in [2.05, 4.69) is 19.9 Å². The number of H-pyrrole nitrogens is 2. The lowest BCUT2D eigenvalue weighted by atomic mass is 10.6. The van der Waals surface area contributed by atoms with Crippen molar-refractivity contribution in [1.82, 2.24) is 19.9 Å². The van der Waals surface area contributed by atoms with Crippen LogP contribution < -0.4 is 0 Å². The van der Waals surface area contributed by atoms with Gasteiger partial charge in [-0.05, 0) is 0 Å². The fourth-order valence-corrected chi connectivity index (χ4v) is 1.92. The molecular weight excluding hydrogens is 242 g/mol. The third kappa shape index (κ3) is 3.15. The minimum atomic E-state index is -3.59. The molecule has 0 saturated heterocycles. The summed E-state index contributed by atoms with van der Waals surface area (Å²) in [5.74, 6) is 0. The van der Waals surface area contributed by atoms with Gasteiger partial charge < -0.3 is 9.97 Å². The molecule has 8 heteroatoms. The Labute approximate surface area is 98.5 Å². The lowest BCUT2D eigenvalue weighted by Crippen LogP contribution is -2.05. The van der Waals surface area contributed by atoms with Gasteiger partial charge in [0.25, 0.3) is 9.84 Å². The molecule has 2 aromatic heterocycles. The molecule has 0 amide bonds. The number of aromatic amines is 2. The summed E-state index contributed by atoms with van der Waals surface area (Å²) in [5.41, 5.74) is 0. The number of nitriles is 1. The Morgan fingerprint density at radius 3 is 1.88 bits per heavy atom. The van der Waals surface area contributed by atoms with E-state index in [9.17, 15) is 8.42 Å². The van der Waals surface area contributed by atoms with Crippen molar-refractivity contribution in [3.05, 3.63) is 24.8 Å². The molecule has 0 spiro atoms. The van der Waals surface area contributed by atoms with Crippen molar-refractivity contribution in [1.29, 1.82) is 5.26 Å². The lowest BCUT2D eigenvalue weighted by molar-refractivity contribution is 0.581. The second-order valence-corrected chi connectivity index (χ2v) is 4.58. The van der Waals surface area contributed by atoms with Crippen LogP contribution in [0.1, 0.15) is 13.3 Å². The summed E-state index contributed by atoms with van der Waals surface area (Å²) >= 11 is 0. The molecule has 90 valence electrons. The van der Waals surface area contributed by atoms with E-state index in [-0.39, 0.29) is 10.3 Å². The quantitative estimate of drug-likeness (QED) is 0.824. The molecule has 0 unspecified atom stereocenters. The van der Waals surface area contributed by atoms with Crippen LogP contribution in [0.3, 0.4) is 0 Å². The van der Waals surface area contributed by atoms with Gasteiger partial charge in [0, 0.05) is 31.2 Å². The van der Waals surface area contributed by atoms with Crippen LogP contribution in [0.4, 0.5) is 0 Å². The van der Waals surface area contributed by atoms with Gasteiger partial charge in [-0.25, -0.2) is 18.4 Å². The molecule has 0 fully saturated rings. The zero-order valence-electron chi connectivity index (χ0n) is 9.08. The average molecular weight is 253 g/mol. The predicted octanol–water partition coefficient (Wildman–Crippen LogP) is 0.886. The van der Waals surface area contributed by atoms with Crippen LogP contribution in [0.25, 0.3) is 0 Å². The summed E-state index contributed by atoms with van der Waals surface area (Å²) in [4.78, 5) is 12.3. The van der Waals surface area contributed by atoms with Gasteiger partial charge in [-0.15, -0.1) is 0 Å². The van der Waals surface area contributed by atoms with Crippen molar-refractivity contribution in [2.24, 2.45) is 0 Å². The van der Waals surface area contributed by atoms with E-state index in [1.54, 1.807) is 0 Å². The average Bonchev–Trinajstić information content (AvgIpc) is 3.01. The largest absolute Gasteiger partial charge is 0.335 e. The smallest absolute Gasteiger partial charge is 0.273 e. The third-order valence-electron chi connectivity index (χ3n) is 1.61. The molecule has 0 atom stereocenters. The van der Waals surface area contributed by atoms with Crippen LogP contribution in [0, 0.1) is 11.3 Å². The van der Waals surface area contributed by atoms with Gasteiger partial charge in [0.15, 0.2) is 0 Å². The summed E-state index contributed by atoms with van der Waals surface area (Å²) < 4.78 is 23.1. The fourth-order valence-electron chi connectivity index (χ4n) is 0.887. The highest BCUT2D eigenvalue weighted by Gasteiger charge is 2.22. The Morgan fingerprint density at radius 2 is 1.65 bits per heavy atom. The van der Waals surface area contributed by atoms with Gasteiger partial charge in [0.2, 0.25) is 10.3 Å². The van der Waals surface area contributed by atoms with E-state index in [1.165, 1.54) is 24.8 Å². The first-order chi connectivity index (χ1) is 8.12. The maximum absolute atomic E-state index is 11.6. The van der Waals surface area contributed by atoms with Crippen molar-refractivity contribution in [3.8, 4) is 6.07 Å². The SMILES string of the molecule is CCC#N.O=S(=O)(c1ncc[nH]1)c1ncc[nH]1. The van der Waals surface area contributed by atoms with Crippen molar-refractivity contribution < 1.29 is 8.42 Å². The van der Waals surface area contributed by atoms with Crippen LogP contribution in [0.5, 0.6) is 0 Å². The minimum absolute atomic E-state index is 0.109. The summed E-state index contributed by atoms with van der Waals surface area (Å²) in [5, 5.41) is 7.41. The monoisotopic (exact) mass is 253 g/mol. The van der Waals surface area contributed by atoms with Gasteiger partial charge >= 0.3 is 0 Å². The highest BCUT2D eigenvalue weighted by Crippen LogP contribution is 2.11. The van der Waals surface area contributed by atoms with Gasteiger partial charge in [0.1, 0.15) is 0 Å². The summed E-state index contributed by atoms with van der Waals surface area (Å²) in [6.45, 7) is 1.82.